The van der Waals surface area contributed by atoms with Gasteiger partial charge in [-0.05, 0) is 20.6 Å². The van der Waals surface area contributed by atoms with Gasteiger partial charge in [0.2, 0.25) is 0 Å². The molecule has 3 saturated heterocycles. The molecule has 38 heavy (non-hydrogen) atoms. The minimum atomic E-state index is -1.54. The first-order chi connectivity index (χ1) is 18.0. The third-order valence-corrected chi connectivity index (χ3v) is 7.24. The second kappa shape index (κ2) is 13.8. The van der Waals surface area contributed by atoms with E-state index in [4.69, 9.17) is 29.4 Å². The van der Waals surface area contributed by atoms with Crippen LogP contribution in [0.1, 0.15) is 6.92 Å². The minimum absolute atomic E-state index is 0.374. The second-order valence-corrected chi connectivity index (χ2v) is 9.98. The van der Waals surface area contributed by atoms with E-state index in [1.54, 1.807) is 25.9 Å². The summed E-state index contributed by atoms with van der Waals surface area (Å²) in [6.07, 6.45) is -15.7. The molecule has 0 aliphatic carbocycles. The molecule has 3 rings (SSSR count). The van der Waals surface area contributed by atoms with Crippen LogP contribution < -0.4 is 11.1 Å². The summed E-state index contributed by atoms with van der Waals surface area (Å²) >= 11 is 0. The number of aliphatic hydroxyl groups excluding tert-OH is 8. The highest BCUT2D eigenvalue weighted by Gasteiger charge is 2.53. The monoisotopic (exact) mass is 557 g/mol. The van der Waals surface area contributed by atoms with Crippen LogP contribution in [0.5, 0.6) is 0 Å². The van der Waals surface area contributed by atoms with Gasteiger partial charge < -0.3 is 75.6 Å². The lowest BCUT2D eigenvalue weighted by Crippen LogP contribution is -2.70. The lowest BCUT2D eigenvalue weighted by Gasteiger charge is -2.51. The van der Waals surface area contributed by atoms with Crippen molar-refractivity contribution < 1.29 is 64.5 Å². The van der Waals surface area contributed by atoms with Gasteiger partial charge in [-0.25, -0.2) is 0 Å². The van der Waals surface area contributed by atoms with Gasteiger partial charge in [0.15, 0.2) is 18.9 Å². The molecule has 0 aromatic rings. The van der Waals surface area contributed by atoms with Crippen molar-refractivity contribution in [2.75, 3.05) is 40.5 Å². The molecule has 0 aromatic carbocycles. The fourth-order valence-electron chi connectivity index (χ4n) is 5.11. The molecule has 16 heteroatoms. The summed E-state index contributed by atoms with van der Waals surface area (Å²) in [6.45, 7) is 0.281. The maximum Gasteiger partial charge on any atom is 0.176 e. The highest BCUT2D eigenvalue weighted by Crippen LogP contribution is 2.33. The molecule has 0 spiro atoms. The molecular formula is C22H43N3O13. The zero-order valence-electron chi connectivity index (χ0n) is 21.6. The third-order valence-electron chi connectivity index (χ3n) is 7.24. The summed E-state index contributed by atoms with van der Waals surface area (Å²) in [4.78, 5) is 1.57. The normalized spacial score (nSPS) is 48.4. The molecule has 3 aliphatic heterocycles. The Morgan fingerprint density at radius 2 is 1.26 bits per heavy atom. The van der Waals surface area contributed by atoms with Crippen LogP contribution in [0.4, 0.5) is 0 Å². The summed E-state index contributed by atoms with van der Waals surface area (Å²) < 4.78 is 28.8. The average molecular weight is 558 g/mol. The molecule has 3 heterocycles. The molecule has 0 aromatic heterocycles. The fraction of sp³-hybridized carbons (Fsp3) is 1.00. The van der Waals surface area contributed by atoms with Gasteiger partial charge in [-0.1, -0.05) is 6.92 Å². The quantitative estimate of drug-likeness (QED) is 0.120. The van der Waals surface area contributed by atoms with Gasteiger partial charge >= 0.3 is 0 Å². The number of nitrogens with one attached hydrogen (secondary N) is 1. The van der Waals surface area contributed by atoms with Crippen molar-refractivity contribution in [3.63, 3.8) is 0 Å². The average Bonchev–Trinajstić information content (AvgIpc) is 2.89. The van der Waals surface area contributed by atoms with Gasteiger partial charge in [-0.3, -0.25) is 4.90 Å². The predicted octanol–water partition coefficient (Wildman–Crippen LogP) is -6.42. The molecule has 224 valence electrons. The highest BCUT2D eigenvalue weighted by atomic mass is 16.7. The number of nitrogens with zero attached hydrogens (tertiary/aromatic N) is 1. The number of aliphatic hydroxyl groups is 8. The molecule has 3 fully saturated rings. The molecular weight excluding hydrogens is 514 g/mol. The zero-order chi connectivity index (χ0) is 28.3. The lowest BCUT2D eigenvalue weighted by atomic mass is 9.93. The number of hydrogen-bond acceptors (Lipinski definition) is 16. The SMILES string of the molecule is CCN[C@H]1[C@H](OC2[C@@H](CO)O[C@@H](OC3[C@@H](CO)O[C@@H](O)[C@H](N)[C@H]3O)[C@H](N(C)C)[C@H]2O)O[C@H](CO)[C@@H](O)[C@@H]1O. The summed E-state index contributed by atoms with van der Waals surface area (Å²) in [5.41, 5.74) is 5.79. The molecule has 15 atom stereocenters. The van der Waals surface area contributed by atoms with Crippen LogP contribution in [-0.2, 0) is 23.7 Å². The van der Waals surface area contributed by atoms with E-state index < -0.39 is 112 Å². The van der Waals surface area contributed by atoms with Crippen molar-refractivity contribution >= 4 is 0 Å². The van der Waals surface area contributed by atoms with Crippen molar-refractivity contribution in [2.45, 2.75) is 98.9 Å². The van der Waals surface area contributed by atoms with Gasteiger partial charge in [-0.2, -0.15) is 0 Å². The van der Waals surface area contributed by atoms with Crippen LogP contribution in [0, 0.1) is 0 Å². The van der Waals surface area contributed by atoms with E-state index in [1.165, 1.54) is 0 Å². The van der Waals surface area contributed by atoms with E-state index in [9.17, 15) is 40.9 Å². The third kappa shape index (κ3) is 6.46. The first kappa shape index (κ1) is 31.9. The fourth-order valence-corrected chi connectivity index (χ4v) is 5.11. The van der Waals surface area contributed by atoms with Crippen molar-refractivity contribution in [1.82, 2.24) is 10.2 Å². The summed E-state index contributed by atoms with van der Waals surface area (Å²) in [6, 6.07) is -3.14. The lowest BCUT2D eigenvalue weighted by molar-refractivity contribution is -0.358. The summed E-state index contributed by atoms with van der Waals surface area (Å²) in [5, 5.41) is 85.1. The first-order valence-electron chi connectivity index (χ1n) is 12.7. The van der Waals surface area contributed by atoms with E-state index >= 15 is 0 Å². The minimum Gasteiger partial charge on any atom is -0.394 e. The summed E-state index contributed by atoms with van der Waals surface area (Å²) in [5.74, 6) is 0. The Bertz CT molecular complexity index is 724. The predicted molar refractivity (Wildman–Crippen MR) is 126 cm³/mol. The Kier molecular flexibility index (Phi) is 11.6. The van der Waals surface area contributed by atoms with Crippen molar-refractivity contribution in [3.8, 4) is 0 Å². The smallest absolute Gasteiger partial charge is 0.176 e. The van der Waals surface area contributed by atoms with Gasteiger partial charge in [-0.15, -0.1) is 0 Å². The van der Waals surface area contributed by atoms with Gasteiger partial charge in [0, 0.05) is 0 Å². The first-order valence-corrected chi connectivity index (χ1v) is 12.7. The molecule has 2 unspecified atom stereocenters. The van der Waals surface area contributed by atoms with Crippen LogP contribution >= 0.6 is 0 Å². The molecule has 0 radical (unpaired) electrons. The standard InChI is InChI=1S/C22H43N3O13/c1-4-24-12-16(31)14(29)8(5-26)35-21(12)37-19-10(7-28)36-22(13(17(19)32)25(2)3)38-18-9(6-27)34-20(33)11(23)15(18)30/h8-22,24,26-33H,4-7,23H2,1-3H3/t8-,9-,10-,11-,12-,13-,14-,15-,16-,17-,18?,19?,20-,21+,22+/m1/s1. The van der Waals surface area contributed by atoms with Gasteiger partial charge in [0.1, 0.15) is 54.9 Å². The van der Waals surface area contributed by atoms with Gasteiger partial charge in [0.25, 0.3) is 0 Å². The largest absolute Gasteiger partial charge is 0.394 e. The Morgan fingerprint density at radius 1 is 0.737 bits per heavy atom. The van der Waals surface area contributed by atoms with Crippen LogP contribution in [0.25, 0.3) is 0 Å². The van der Waals surface area contributed by atoms with Gasteiger partial charge in [0.05, 0.1) is 37.9 Å². The van der Waals surface area contributed by atoms with Crippen LogP contribution in [0.2, 0.25) is 0 Å². The van der Waals surface area contributed by atoms with Crippen molar-refractivity contribution in [1.29, 1.82) is 0 Å². The number of hydrogen-bond donors (Lipinski definition) is 10. The molecule has 0 bridgehead atoms. The maximum absolute atomic E-state index is 11.4. The molecule has 3 aliphatic rings. The van der Waals surface area contributed by atoms with E-state index in [2.05, 4.69) is 5.32 Å². The van der Waals surface area contributed by atoms with Crippen molar-refractivity contribution in [3.05, 3.63) is 0 Å². The number of ether oxygens (including phenoxy) is 5. The maximum atomic E-state index is 11.4. The number of likely N-dealkylation sites (N-methyl/N-ethyl adjacent to an activating group) is 2. The van der Waals surface area contributed by atoms with E-state index in [1.807, 2.05) is 0 Å². The van der Waals surface area contributed by atoms with E-state index in [0.717, 1.165) is 0 Å². The Balaban J connectivity index is 1.83. The Hall–Kier alpha value is -0.640. The van der Waals surface area contributed by atoms with Crippen molar-refractivity contribution in [2.24, 2.45) is 5.73 Å². The topological polar surface area (TPSA) is 249 Å². The highest BCUT2D eigenvalue weighted by molar-refractivity contribution is 4.99. The van der Waals surface area contributed by atoms with E-state index in [-0.39, 0.29) is 0 Å². The number of nitrogens with two attached hydrogens (primary N) is 1. The van der Waals surface area contributed by atoms with E-state index in [0.29, 0.717) is 6.54 Å². The molecule has 0 saturated carbocycles. The second-order valence-electron chi connectivity index (χ2n) is 9.98. The molecule has 11 N–H and O–H groups in total. The zero-order valence-corrected chi connectivity index (χ0v) is 21.6. The Morgan fingerprint density at radius 3 is 1.82 bits per heavy atom. The molecule has 0 amide bonds. The summed E-state index contributed by atoms with van der Waals surface area (Å²) in [7, 11) is 3.24. The van der Waals surface area contributed by atoms with Crippen LogP contribution in [-0.4, -0.2) is 178 Å². The Labute approximate surface area is 220 Å². The number of rotatable bonds is 10. The molecule has 16 nitrogen and oxygen atoms in total. The van der Waals surface area contributed by atoms with Crippen LogP contribution in [0.3, 0.4) is 0 Å². The van der Waals surface area contributed by atoms with Crippen LogP contribution in [0.15, 0.2) is 0 Å².